The van der Waals surface area contributed by atoms with Gasteiger partial charge in [-0.05, 0) is 206 Å². The molecule has 694 valence electrons. The fourth-order valence-electron chi connectivity index (χ4n) is 17.9. The number of nitrogens with zero attached hydrogens (tertiary/aromatic N) is 15. The van der Waals surface area contributed by atoms with Crippen LogP contribution in [-0.2, 0) is 64.1 Å². The molecule has 11 aromatic rings. The summed E-state index contributed by atoms with van der Waals surface area (Å²) in [7, 11) is -13.0. The van der Waals surface area contributed by atoms with E-state index in [1.54, 1.807) is 68.7 Å². The maximum absolute atomic E-state index is 15.1. The van der Waals surface area contributed by atoms with Gasteiger partial charge in [0.15, 0.2) is 0 Å². The molecule has 3 aliphatic carbocycles. The van der Waals surface area contributed by atoms with E-state index >= 15 is 4.39 Å². The average molecular weight is 1880 g/mol. The Labute approximate surface area is 771 Å². The van der Waals surface area contributed by atoms with Crippen molar-refractivity contribution >= 4 is 98.3 Å². The fourth-order valence-corrected chi connectivity index (χ4v) is 22.9. The Morgan fingerprint density at radius 2 is 0.843 bits per heavy atom. The zero-order chi connectivity index (χ0) is 95.2. The van der Waals surface area contributed by atoms with E-state index in [0.29, 0.717) is 68.0 Å². The number of rotatable bonds is 24. The number of carboxylic acids is 1. The monoisotopic (exact) mass is 1880 g/mol. The Kier molecular flexibility index (Phi) is 28.7. The van der Waals surface area contributed by atoms with Crippen molar-refractivity contribution < 1.29 is 67.8 Å². The minimum absolute atomic E-state index is 0.0109. The van der Waals surface area contributed by atoms with Crippen LogP contribution in [-0.4, -0.2) is 156 Å². The molecule has 6 fully saturated rings. The van der Waals surface area contributed by atoms with Gasteiger partial charge < -0.3 is 40.2 Å². The number of aromatic carboxylic acids is 1. The first kappa shape index (κ1) is 95.1. The minimum Gasteiger partial charge on any atom is -0.507 e. The molecule has 5 aromatic heterocycles. The van der Waals surface area contributed by atoms with Gasteiger partial charge in [0, 0.05) is 84.4 Å². The standard InChI is InChI=1S/C34H36FN7O4S.C32H31FN6O4S.C30H30FN5O6S/c1-21(2)40-32-24(17-36)14-27(16-29(32)35)47(45,46)42-13-12-31(42)34(44)41(26-10-11-28-30(15-26)38-20-39-33(28)43)19-25-9-8-23(18-37-25)22-6-4-3-5-7-22;1-20-23(16-34)13-26(15-28(20)33)44(42,43)39-12-11-30(39)32(41)38(25-9-10-27-29(14-25)36-19-37-31(27)40)18-24-8-7-22(17-35-24)21-5-3-2-4-6-21;1-18-20(14-32)11-23(13-25(18)31)43(41,42)36-10-9-27(36)29(38)35(22-7-8-24(30(39)40)28(37)12-22)17-21-15-34-26(16-33-21)19-5-3-2-4-6-19/h8-11,14-16,18,20-22,31,40H,3-7,12-13,19H2,1-2H3,(H,38,39,43);7-10,13-15,17,19,21,30H,2-6,11-12,18H2,1H3,(H,36,37,40);7-8,11-13,15-16,19,27,37H,2-6,9-10,17H2,1H3,(H,39,40)/t31-;30-;27-/m111/s1. The zero-order valence-electron chi connectivity index (χ0n) is 73.8. The predicted octanol–water partition coefficient (Wildman–Crippen LogP) is 14.1. The van der Waals surface area contributed by atoms with Gasteiger partial charge in [-0.2, -0.15) is 28.7 Å². The van der Waals surface area contributed by atoms with Crippen LogP contribution < -0.4 is 31.1 Å². The molecular weight excluding hydrogens is 1780 g/mol. The van der Waals surface area contributed by atoms with Gasteiger partial charge in [0.2, 0.25) is 47.8 Å². The minimum atomic E-state index is -4.36. The van der Waals surface area contributed by atoms with E-state index in [4.69, 9.17) is 0 Å². The number of carbonyl (C=O) groups excluding carboxylic acids is 3. The van der Waals surface area contributed by atoms with E-state index < -0.39 is 105 Å². The van der Waals surface area contributed by atoms with Gasteiger partial charge in [-0.3, -0.25) is 43.9 Å². The second kappa shape index (κ2) is 40.5. The molecule has 0 unspecified atom stereocenters. The number of amides is 3. The zero-order valence-corrected chi connectivity index (χ0v) is 76.3. The van der Waals surface area contributed by atoms with E-state index in [1.807, 2.05) is 48.8 Å². The number of aromatic hydroxyl groups is 1. The Hall–Kier alpha value is -13.6. The quantitative estimate of drug-likeness (QED) is 0.0375. The Morgan fingerprint density at radius 3 is 1.20 bits per heavy atom. The number of aromatic nitrogens is 8. The van der Waals surface area contributed by atoms with Gasteiger partial charge in [-0.25, -0.2) is 53.2 Å². The van der Waals surface area contributed by atoms with Crippen molar-refractivity contribution in [3.8, 4) is 24.0 Å². The molecule has 6 aromatic carbocycles. The molecule has 38 heteroatoms. The lowest BCUT2D eigenvalue weighted by atomic mass is 9.85. The SMILES string of the molecule is CC(C)Nc1c(F)cc(S(=O)(=O)N2CC[C@@H]2C(=O)N(Cc2ccc(C3CCCCC3)cn2)c2ccc3c(=O)[nH]cnc3c2)cc1C#N.Cc1c(F)cc(S(=O)(=O)N2CC[C@@H]2C(=O)N(Cc2ccc(C3CCCCC3)cn2)c2ccc3c(=O)[nH]cnc3c2)cc1C#N.Cc1c(F)cc(S(=O)(=O)N2CC[C@@H]2C(=O)N(Cc2cnc(C3CCCCC3)cn2)c2ccc(C(=O)O)c(O)c2)cc1C#N. The molecule has 5 N–H and O–H groups in total. The highest BCUT2D eigenvalue weighted by Gasteiger charge is 2.49. The highest BCUT2D eigenvalue weighted by Crippen LogP contribution is 2.41. The number of aromatic amines is 2. The molecular formula is C96H97F3N18O14S3. The number of hydrogen-bond acceptors (Lipinski definition) is 23. The van der Waals surface area contributed by atoms with Crippen LogP contribution in [0.25, 0.3) is 21.8 Å². The number of pyridine rings is 2. The molecule has 0 radical (unpaired) electrons. The number of anilines is 4. The summed E-state index contributed by atoms with van der Waals surface area (Å²) in [6, 6.07) is 29.1. The van der Waals surface area contributed by atoms with Crippen molar-refractivity contribution in [1.82, 2.24) is 52.8 Å². The Bertz CT molecular complexity index is 7000. The molecule has 3 saturated carbocycles. The largest absolute Gasteiger partial charge is 0.507 e. The van der Waals surface area contributed by atoms with E-state index in [0.717, 1.165) is 124 Å². The lowest BCUT2D eigenvalue weighted by molar-refractivity contribution is -0.125. The summed E-state index contributed by atoms with van der Waals surface area (Å²) in [4.78, 5) is 113. The first-order valence-corrected chi connectivity index (χ1v) is 48.7. The van der Waals surface area contributed by atoms with Crippen LogP contribution in [0.1, 0.15) is 219 Å². The first-order valence-electron chi connectivity index (χ1n) is 44.4. The molecule has 17 rings (SSSR count). The van der Waals surface area contributed by atoms with Gasteiger partial charge >= 0.3 is 5.97 Å². The van der Waals surface area contributed by atoms with Crippen LogP contribution in [0.5, 0.6) is 5.75 Å². The van der Waals surface area contributed by atoms with Crippen molar-refractivity contribution in [2.45, 2.75) is 220 Å². The summed E-state index contributed by atoms with van der Waals surface area (Å²) in [5.74, 6) is -4.86. The topological polar surface area (TPSA) is 457 Å². The summed E-state index contributed by atoms with van der Waals surface area (Å²) in [5, 5.41) is 51.6. The number of nitriles is 3. The van der Waals surface area contributed by atoms with Crippen molar-refractivity contribution in [3.05, 3.63) is 258 Å². The Morgan fingerprint density at radius 1 is 0.463 bits per heavy atom. The van der Waals surface area contributed by atoms with E-state index in [2.05, 4.69) is 45.2 Å². The number of hydrogen-bond donors (Lipinski definition) is 5. The van der Waals surface area contributed by atoms with Gasteiger partial charge in [0.1, 0.15) is 53.0 Å². The summed E-state index contributed by atoms with van der Waals surface area (Å²) in [6.45, 7) is 6.39. The van der Waals surface area contributed by atoms with Crippen molar-refractivity contribution in [3.63, 3.8) is 0 Å². The van der Waals surface area contributed by atoms with Crippen LogP contribution in [0, 0.1) is 65.3 Å². The molecule has 3 amide bonds. The van der Waals surface area contributed by atoms with Crippen LogP contribution in [0.2, 0.25) is 0 Å². The number of fused-ring (bicyclic) bond motifs is 2. The molecule has 134 heavy (non-hydrogen) atoms. The van der Waals surface area contributed by atoms with Gasteiger partial charge in [-0.1, -0.05) is 69.9 Å². The summed E-state index contributed by atoms with van der Waals surface area (Å²) >= 11 is 0. The van der Waals surface area contributed by atoms with Crippen LogP contribution in [0.15, 0.2) is 177 Å². The van der Waals surface area contributed by atoms with Crippen molar-refractivity contribution in [1.29, 1.82) is 15.8 Å². The molecule has 8 heterocycles. The molecule has 3 saturated heterocycles. The molecule has 3 aliphatic heterocycles. The molecule has 0 spiro atoms. The first-order chi connectivity index (χ1) is 64.2. The lowest BCUT2D eigenvalue weighted by Crippen LogP contribution is -2.59. The van der Waals surface area contributed by atoms with E-state index in [9.17, 15) is 88.8 Å². The number of carboxylic acid groups (broad SMARTS) is 1. The molecule has 32 nitrogen and oxygen atoms in total. The smallest absolute Gasteiger partial charge is 0.339 e. The lowest BCUT2D eigenvalue weighted by Gasteiger charge is -2.41. The number of sulfonamides is 3. The number of halogens is 3. The summed E-state index contributed by atoms with van der Waals surface area (Å²) in [6.07, 6.45) is 27.4. The maximum atomic E-state index is 15.1. The number of H-pyrrole nitrogens is 2. The van der Waals surface area contributed by atoms with Gasteiger partial charge in [0.05, 0.1) is 132 Å². The summed E-state index contributed by atoms with van der Waals surface area (Å²) in [5.41, 5.74) is 5.17. The molecule has 3 atom stereocenters. The maximum Gasteiger partial charge on any atom is 0.339 e. The second-order valence-electron chi connectivity index (χ2n) is 34.6. The number of phenols is 1. The second-order valence-corrected chi connectivity index (χ2v) is 40.3. The van der Waals surface area contributed by atoms with Gasteiger partial charge in [0.25, 0.3) is 11.1 Å². The van der Waals surface area contributed by atoms with Crippen molar-refractivity contribution in [2.75, 3.05) is 39.7 Å². The Balaban J connectivity index is 0.000000153. The normalized spacial score (nSPS) is 17.5. The van der Waals surface area contributed by atoms with Crippen LogP contribution >= 0.6 is 0 Å². The summed E-state index contributed by atoms with van der Waals surface area (Å²) < 4.78 is 129. The number of nitrogens with one attached hydrogen (secondary N) is 3. The van der Waals surface area contributed by atoms with E-state index in [1.165, 1.54) is 97.8 Å². The van der Waals surface area contributed by atoms with Gasteiger partial charge in [-0.15, -0.1) is 0 Å². The molecule has 6 aliphatic rings. The van der Waals surface area contributed by atoms with E-state index in [-0.39, 0.29) is 125 Å². The third-order valence-corrected chi connectivity index (χ3v) is 31.5. The third kappa shape index (κ3) is 20.2. The highest BCUT2D eigenvalue weighted by atomic mass is 32.2. The van der Waals surface area contributed by atoms with Crippen LogP contribution in [0.4, 0.5) is 35.9 Å². The predicted molar refractivity (Wildman–Crippen MR) is 490 cm³/mol. The number of carbonyl (C=O) groups is 4. The average Bonchev–Trinajstić information content (AvgIpc) is 0.754. The van der Waals surface area contributed by atoms with Crippen LogP contribution in [0.3, 0.4) is 0 Å². The van der Waals surface area contributed by atoms with Crippen molar-refractivity contribution in [2.24, 2.45) is 0 Å². The fraction of sp³-hybridized carbons (Fsp3) is 0.365. The third-order valence-electron chi connectivity index (χ3n) is 25.8. The highest BCUT2D eigenvalue weighted by molar-refractivity contribution is 7.89. The molecule has 0 bridgehead atoms. The number of benzene rings is 6.